The fraction of sp³-hybridized carbons (Fsp3) is 0.677. The summed E-state index contributed by atoms with van der Waals surface area (Å²) in [5.74, 6) is -17.2. The molecule has 254 valence electrons. The Morgan fingerprint density at radius 1 is 0.489 bits per heavy atom. The molecule has 0 bridgehead atoms. The first-order valence-corrected chi connectivity index (χ1v) is 15.9. The molecule has 0 atom stereocenters. The van der Waals surface area contributed by atoms with Crippen molar-refractivity contribution in [2.45, 2.75) is 120 Å². The molecule has 5 fully saturated rings. The van der Waals surface area contributed by atoms with Gasteiger partial charge in [0, 0.05) is 51.4 Å². The van der Waals surface area contributed by atoms with Crippen LogP contribution in [0, 0.1) is 11.3 Å². The van der Waals surface area contributed by atoms with Crippen molar-refractivity contribution in [1.29, 1.82) is 0 Å². The highest BCUT2D eigenvalue weighted by Crippen LogP contribution is 2.51. The molecule has 16 heteroatoms. The van der Waals surface area contributed by atoms with Crippen molar-refractivity contribution in [1.82, 2.24) is 0 Å². The van der Waals surface area contributed by atoms with Crippen LogP contribution in [0.4, 0.5) is 0 Å². The Hall–Kier alpha value is -4.50. The van der Waals surface area contributed by atoms with Crippen molar-refractivity contribution in [3.8, 4) is 0 Å². The number of aliphatic hydroxyl groups excluding tert-OH is 2. The minimum Gasteiger partial charge on any atom is -0.480 e. The highest BCUT2D eigenvalue weighted by molar-refractivity contribution is 6.12. The molecule has 2 N–H and O–H groups in total. The average molecular weight is 663 g/mol. The number of hydrogen-bond donors (Lipinski definition) is 2. The van der Waals surface area contributed by atoms with Gasteiger partial charge in [-0.3, -0.25) is 19.2 Å². The van der Waals surface area contributed by atoms with Crippen LogP contribution >= 0.6 is 0 Å². The number of esters is 6. The summed E-state index contributed by atoms with van der Waals surface area (Å²) in [4.78, 5) is 78.7. The Morgan fingerprint density at radius 2 is 0.894 bits per heavy atom. The van der Waals surface area contributed by atoms with E-state index in [1.807, 2.05) is 0 Å². The van der Waals surface area contributed by atoms with E-state index in [1.165, 1.54) is 0 Å². The summed E-state index contributed by atoms with van der Waals surface area (Å²) in [6.45, 7) is 1.08. The zero-order valence-electron chi connectivity index (χ0n) is 25.6. The Kier molecular flexibility index (Phi) is 6.95. The van der Waals surface area contributed by atoms with Crippen molar-refractivity contribution < 1.29 is 76.9 Å². The van der Waals surface area contributed by atoms with Crippen molar-refractivity contribution >= 4 is 35.8 Å². The summed E-state index contributed by atoms with van der Waals surface area (Å²) < 4.78 is 44.2. The number of hydrogen-bond acceptors (Lipinski definition) is 16. The lowest BCUT2D eigenvalue weighted by atomic mass is 9.79. The highest BCUT2D eigenvalue weighted by atomic mass is 16.8. The molecular weight excluding hydrogens is 628 g/mol. The minimum absolute atomic E-state index is 0.251. The van der Waals surface area contributed by atoms with Crippen molar-refractivity contribution in [3.63, 3.8) is 0 Å². The van der Waals surface area contributed by atoms with Crippen molar-refractivity contribution in [2.75, 3.05) is 0 Å². The third-order valence-corrected chi connectivity index (χ3v) is 10.2. The minimum atomic E-state index is -2.37. The van der Waals surface area contributed by atoms with Crippen molar-refractivity contribution in [2.24, 2.45) is 11.3 Å². The van der Waals surface area contributed by atoms with E-state index in [0.29, 0.717) is 51.4 Å². The van der Waals surface area contributed by atoms with Gasteiger partial charge >= 0.3 is 35.8 Å². The van der Waals surface area contributed by atoms with Gasteiger partial charge < -0.3 is 48.1 Å². The van der Waals surface area contributed by atoms with E-state index in [2.05, 4.69) is 0 Å². The van der Waals surface area contributed by atoms with Gasteiger partial charge in [-0.15, -0.1) is 0 Å². The summed E-state index contributed by atoms with van der Waals surface area (Å²) in [6, 6.07) is 0. The molecule has 2 saturated heterocycles. The quantitative estimate of drug-likeness (QED) is 0.247. The SMILES string of the molecule is CC1(C2=C(O)OC3(CCC4(CC3)OC(=O)C(C3C(=O)OC5(CCCCC5)OC3=O)=C(O)O4)OC2=O)C(=O)OC2(CCCCC2)OC1=O. The van der Waals surface area contributed by atoms with Gasteiger partial charge in [0.2, 0.25) is 5.41 Å². The van der Waals surface area contributed by atoms with Gasteiger partial charge in [0.25, 0.3) is 35.0 Å². The van der Waals surface area contributed by atoms with Gasteiger partial charge in [-0.05, 0) is 32.6 Å². The maximum absolute atomic E-state index is 13.3. The molecule has 47 heavy (non-hydrogen) atoms. The second-order valence-electron chi connectivity index (χ2n) is 13.3. The molecule has 7 aliphatic rings. The molecule has 4 aliphatic heterocycles. The van der Waals surface area contributed by atoms with Gasteiger partial charge in [0.15, 0.2) is 5.92 Å². The van der Waals surface area contributed by atoms with E-state index in [-0.39, 0.29) is 25.7 Å². The van der Waals surface area contributed by atoms with Crippen LogP contribution in [0.2, 0.25) is 0 Å². The molecule has 3 aliphatic carbocycles. The lowest BCUT2D eigenvalue weighted by Crippen LogP contribution is -2.59. The third-order valence-electron chi connectivity index (χ3n) is 10.2. The molecule has 0 amide bonds. The molecule has 0 aromatic rings. The molecule has 0 radical (unpaired) electrons. The summed E-state index contributed by atoms with van der Waals surface area (Å²) in [6.07, 6.45) is 4.74. The molecule has 0 aromatic heterocycles. The van der Waals surface area contributed by atoms with Crippen LogP contribution in [-0.4, -0.2) is 69.2 Å². The van der Waals surface area contributed by atoms with E-state index < -0.39 is 93.3 Å². The largest absolute Gasteiger partial charge is 0.480 e. The van der Waals surface area contributed by atoms with Gasteiger partial charge in [-0.25, -0.2) is 9.59 Å². The summed E-state index contributed by atoms with van der Waals surface area (Å²) >= 11 is 0. The topological polar surface area (TPSA) is 217 Å². The lowest BCUT2D eigenvalue weighted by Gasteiger charge is -2.48. The monoisotopic (exact) mass is 662 g/mol. The van der Waals surface area contributed by atoms with Crippen LogP contribution in [-0.2, 0) is 66.7 Å². The van der Waals surface area contributed by atoms with Crippen LogP contribution in [0.3, 0.4) is 0 Å². The maximum Gasteiger partial charge on any atom is 0.346 e. The number of ether oxygens (including phenoxy) is 8. The Morgan fingerprint density at radius 3 is 1.34 bits per heavy atom. The second-order valence-corrected chi connectivity index (χ2v) is 13.3. The van der Waals surface area contributed by atoms with Crippen LogP contribution < -0.4 is 0 Å². The maximum atomic E-state index is 13.3. The summed E-state index contributed by atoms with van der Waals surface area (Å²) in [7, 11) is 0. The van der Waals surface area contributed by atoms with E-state index in [9.17, 15) is 39.0 Å². The third kappa shape index (κ3) is 4.85. The van der Waals surface area contributed by atoms with Gasteiger partial charge in [0.1, 0.15) is 11.1 Å². The van der Waals surface area contributed by atoms with Crippen molar-refractivity contribution in [3.05, 3.63) is 23.0 Å². The molecule has 4 heterocycles. The first-order valence-electron chi connectivity index (χ1n) is 15.9. The smallest absolute Gasteiger partial charge is 0.346 e. The molecule has 0 unspecified atom stereocenters. The predicted molar refractivity (Wildman–Crippen MR) is 145 cm³/mol. The van der Waals surface area contributed by atoms with E-state index in [0.717, 1.165) is 19.8 Å². The molecule has 0 aromatic carbocycles. The van der Waals surface area contributed by atoms with Crippen LogP contribution in [0.15, 0.2) is 23.0 Å². The number of aliphatic hydroxyl groups is 2. The van der Waals surface area contributed by atoms with Crippen LogP contribution in [0.1, 0.15) is 96.8 Å². The summed E-state index contributed by atoms with van der Waals surface area (Å²) in [5, 5.41) is 21.7. The first kappa shape index (κ1) is 31.1. The fourth-order valence-corrected chi connectivity index (χ4v) is 7.47. The molecule has 7 rings (SSSR count). The fourth-order valence-electron chi connectivity index (χ4n) is 7.47. The van der Waals surface area contributed by atoms with Crippen LogP contribution in [0.5, 0.6) is 0 Å². The number of rotatable bonds is 2. The van der Waals surface area contributed by atoms with Gasteiger partial charge in [-0.2, -0.15) is 0 Å². The zero-order chi connectivity index (χ0) is 33.4. The molecular formula is C31H34O16. The van der Waals surface area contributed by atoms with E-state index in [4.69, 9.17) is 37.9 Å². The normalized spacial score (nSPS) is 31.3. The molecule has 4 spiro atoms. The second kappa shape index (κ2) is 10.5. The van der Waals surface area contributed by atoms with Gasteiger partial charge in [-0.1, -0.05) is 12.8 Å². The molecule has 16 nitrogen and oxygen atoms in total. The first-order chi connectivity index (χ1) is 22.2. The zero-order valence-corrected chi connectivity index (χ0v) is 25.6. The standard InChI is InChI=1S/C31H34O16/c1-27(25(38)46-29(47-26(27)39)10-6-3-7-11-29)18-23(36)44-31(45-24(18)37)14-12-30(13-15-31)42-21(34)17(22(35)43-30)16-19(32)40-28(41-20(16)33)8-4-2-5-9-28/h16,34,36H,2-15H2,1H3. The lowest BCUT2D eigenvalue weighted by molar-refractivity contribution is -0.306. The van der Waals surface area contributed by atoms with E-state index in [1.54, 1.807) is 0 Å². The average Bonchev–Trinajstić information content (AvgIpc) is 2.99. The van der Waals surface area contributed by atoms with Crippen LogP contribution in [0.25, 0.3) is 0 Å². The molecule has 3 saturated carbocycles. The number of carbonyl (C=O) groups excluding carboxylic acids is 6. The Balaban J connectivity index is 1.05. The number of carbonyl (C=O) groups is 6. The van der Waals surface area contributed by atoms with Gasteiger partial charge in [0.05, 0.1) is 0 Å². The highest BCUT2D eigenvalue weighted by Gasteiger charge is 2.65. The predicted octanol–water partition coefficient (Wildman–Crippen LogP) is 2.78. The summed E-state index contributed by atoms with van der Waals surface area (Å²) in [5.41, 5.74) is -3.92. The van der Waals surface area contributed by atoms with E-state index >= 15 is 0 Å². The Labute approximate surface area is 267 Å². The Bertz CT molecular complexity index is 1470.